The van der Waals surface area contributed by atoms with Gasteiger partial charge >= 0.3 is 5.97 Å². The van der Waals surface area contributed by atoms with Crippen LogP contribution in [0.5, 0.6) is 0 Å². The van der Waals surface area contributed by atoms with E-state index in [1.807, 2.05) is 17.6 Å². The maximum Gasteiger partial charge on any atom is 0.341 e. The first-order valence-corrected chi connectivity index (χ1v) is 10.2. The molecule has 1 aliphatic carbocycles. The van der Waals surface area contributed by atoms with Crippen molar-refractivity contribution in [2.24, 2.45) is 0 Å². The van der Waals surface area contributed by atoms with E-state index in [1.54, 1.807) is 6.07 Å². The number of likely N-dealkylation sites (N-methyl/N-ethyl adjacent to an activating group) is 1. The molecule has 1 aromatic heterocycles. The molecule has 2 aromatic rings. The van der Waals surface area contributed by atoms with Crippen LogP contribution in [0.15, 0.2) is 23.1 Å². The van der Waals surface area contributed by atoms with Crippen molar-refractivity contribution in [1.82, 2.24) is 9.47 Å². The molecule has 1 N–H and O–H groups in total. The van der Waals surface area contributed by atoms with E-state index in [2.05, 4.69) is 22.9 Å². The number of carboxylic acid groups (broad SMARTS) is 1. The molecule has 1 saturated carbocycles. The first-order valence-electron chi connectivity index (χ1n) is 10.2. The van der Waals surface area contributed by atoms with Crippen LogP contribution in [0, 0.1) is 18.3 Å². The van der Waals surface area contributed by atoms with Gasteiger partial charge in [-0.25, -0.2) is 4.79 Å². The van der Waals surface area contributed by atoms with Crippen LogP contribution in [0.4, 0.5) is 5.69 Å². The number of carbonyl (C=O) groups is 1. The summed E-state index contributed by atoms with van der Waals surface area (Å²) in [6, 6.07) is 6.63. The molecule has 1 atom stereocenters. The molecule has 4 rings (SSSR count). The van der Waals surface area contributed by atoms with E-state index < -0.39 is 11.4 Å². The lowest BCUT2D eigenvalue weighted by molar-refractivity contribution is 0.0695. The monoisotopic (exact) mass is 394 g/mol. The molecule has 152 valence electrons. The number of hydrogen-bond acceptors (Lipinski definition) is 5. The lowest BCUT2D eigenvalue weighted by Crippen LogP contribution is -2.35. The third-order valence-corrected chi connectivity index (χ3v) is 6.29. The second kappa shape index (κ2) is 7.53. The van der Waals surface area contributed by atoms with Crippen LogP contribution in [-0.2, 0) is 0 Å². The topological polar surface area (TPSA) is 89.6 Å². The third kappa shape index (κ3) is 3.49. The van der Waals surface area contributed by atoms with Crippen LogP contribution in [0.1, 0.15) is 47.6 Å². The van der Waals surface area contributed by atoms with Crippen molar-refractivity contribution < 1.29 is 9.90 Å². The number of hydrogen-bond donors (Lipinski definition) is 1. The molecule has 0 bridgehead atoms. The smallest absolute Gasteiger partial charge is 0.341 e. The van der Waals surface area contributed by atoms with E-state index >= 15 is 0 Å². The predicted molar refractivity (Wildman–Crippen MR) is 112 cm³/mol. The summed E-state index contributed by atoms with van der Waals surface area (Å²) in [4.78, 5) is 28.9. The Bertz CT molecular complexity index is 1060. The summed E-state index contributed by atoms with van der Waals surface area (Å²) in [6.07, 6.45) is 5.12. The van der Waals surface area contributed by atoms with Crippen LogP contribution in [-0.4, -0.2) is 53.3 Å². The summed E-state index contributed by atoms with van der Waals surface area (Å²) in [5.74, 6) is -1.17. The van der Waals surface area contributed by atoms with Gasteiger partial charge in [0.05, 0.1) is 11.6 Å². The normalized spacial score (nSPS) is 19.1. The molecule has 0 amide bonds. The number of pyridine rings is 1. The van der Waals surface area contributed by atoms with Crippen molar-refractivity contribution >= 4 is 22.6 Å². The van der Waals surface area contributed by atoms with Gasteiger partial charge in [0.25, 0.3) is 0 Å². The zero-order valence-corrected chi connectivity index (χ0v) is 16.9. The molecule has 0 spiro atoms. The van der Waals surface area contributed by atoms with Gasteiger partial charge in [0.15, 0.2) is 0 Å². The fourth-order valence-corrected chi connectivity index (χ4v) is 4.48. The van der Waals surface area contributed by atoms with Gasteiger partial charge in [0, 0.05) is 55.4 Å². The van der Waals surface area contributed by atoms with Crippen LogP contribution in [0.25, 0.3) is 10.9 Å². The number of rotatable bonds is 6. The average molecular weight is 394 g/mol. The number of nitrogens with zero attached hydrogens (tertiary/aromatic N) is 4. The van der Waals surface area contributed by atoms with Crippen molar-refractivity contribution in [3.63, 3.8) is 0 Å². The molecule has 1 saturated heterocycles. The minimum atomic E-state index is -1.17. The van der Waals surface area contributed by atoms with E-state index in [0.717, 1.165) is 55.7 Å². The second-order valence-electron chi connectivity index (χ2n) is 8.20. The molecule has 7 heteroatoms. The Kier molecular flexibility index (Phi) is 5.05. The van der Waals surface area contributed by atoms with Gasteiger partial charge in [0.2, 0.25) is 5.43 Å². The standard InChI is InChI=1S/C22H26N4O3/c1-14-19(25-11-8-16(12-25)24(2)10-3-9-23)7-6-17-20(14)26(15-4-5-15)13-18(21(17)27)22(28)29/h6-7,13,15-16H,3-5,8,10-12H2,1-2H3,(H,28,29). The van der Waals surface area contributed by atoms with Crippen molar-refractivity contribution in [2.45, 2.75) is 44.7 Å². The predicted octanol–water partition coefficient (Wildman–Crippen LogP) is 2.77. The van der Waals surface area contributed by atoms with Crippen LogP contribution < -0.4 is 10.3 Å². The molecule has 1 aromatic carbocycles. The Hall–Kier alpha value is -2.85. The van der Waals surface area contributed by atoms with Crippen molar-refractivity contribution in [2.75, 3.05) is 31.6 Å². The maximum atomic E-state index is 12.8. The Morgan fingerprint density at radius 2 is 2.10 bits per heavy atom. The fraction of sp³-hybridized carbons (Fsp3) is 0.500. The van der Waals surface area contributed by atoms with Crippen LogP contribution in [0.2, 0.25) is 0 Å². The summed E-state index contributed by atoms with van der Waals surface area (Å²) in [5, 5.41) is 18.8. The molecular weight excluding hydrogens is 368 g/mol. The number of nitriles is 1. The highest BCUT2D eigenvalue weighted by Gasteiger charge is 2.30. The number of aromatic carboxylic acids is 1. The zero-order valence-electron chi connectivity index (χ0n) is 16.9. The van der Waals surface area contributed by atoms with Gasteiger partial charge in [-0.15, -0.1) is 0 Å². The Balaban J connectivity index is 1.73. The average Bonchev–Trinajstić information content (AvgIpc) is 3.43. The molecule has 29 heavy (non-hydrogen) atoms. The first kappa shape index (κ1) is 19.5. The summed E-state index contributed by atoms with van der Waals surface area (Å²) in [6.45, 7) is 4.61. The van der Waals surface area contributed by atoms with Gasteiger partial charge < -0.3 is 19.5 Å². The molecule has 7 nitrogen and oxygen atoms in total. The van der Waals surface area contributed by atoms with E-state index in [1.165, 1.54) is 6.20 Å². The third-order valence-electron chi connectivity index (χ3n) is 6.29. The molecule has 1 aliphatic heterocycles. The lowest BCUT2D eigenvalue weighted by atomic mass is 10.0. The number of anilines is 1. The number of carboxylic acids is 1. The van der Waals surface area contributed by atoms with Gasteiger partial charge in [-0.1, -0.05) is 0 Å². The van der Waals surface area contributed by atoms with E-state index in [0.29, 0.717) is 17.8 Å². The number of fused-ring (bicyclic) bond motifs is 1. The van der Waals surface area contributed by atoms with Crippen LogP contribution in [0.3, 0.4) is 0 Å². The molecule has 1 unspecified atom stereocenters. The lowest BCUT2D eigenvalue weighted by Gasteiger charge is -2.26. The van der Waals surface area contributed by atoms with E-state index in [9.17, 15) is 14.7 Å². The summed E-state index contributed by atoms with van der Waals surface area (Å²) in [7, 11) is 2.07. The molecular formula is C22H26N4O3. The van der Waals surface area contributed by atoms with Crippen LogP contribution >= 0.6 is 0 Å². The molecule has 2 heterocycles. The molecule has 0 radical (unpaired) electrons. The number of aryl methyl sites for hydroxylation is 1. The SMILES string of the molecule is Cc1c(N2CCC(N(C)CCC#N)C2)ccc2c(=O)c(C(=O)O)cn(C3CC3)c12. The minimum Gasteiger partial charge on any atom is -0.477 e. The highest BCUT2D eigenvalue weighted by Crippen LogP contribution is 2.39. The Labute approximate surface area is 169 Å². The Morgan fingerprint density at radius 3 is 2.76 bits per heavy atom. The summed E-state index contributed by atoms with van der Waals surface area (Å²) >= 11 is 0. The molecule has 2 fully saturated rings. The first-order chi connectivity index (χ1) is 13.9. The van der Waals surface area contributed by atoms with Gasteiger partial charge in [-0.3, -0.25) is 4.79 Å². The zero-order chi connectivity index (χ0) is 20.7. The van der Waals surface area contributed by atoms with E-state index in [-0.39, 0.29) is 11.6 Å². The largest absolute Gasteiger partial charge is 0.477 e. The summed E-state index contributed by atoms with van der Waals surface area (Å²) in [5.41, 5.74) is 2.43. The molecule has 2 aliphatic rings. The second-order valence-corrected chi connectivity index (χ2v) is 8.20. The quantitative estimate of drug-likeness (QED) is 0.810. The van der Waals surface area contributed by atoms with E-state index in [4.69, 9.17) is 5.26 Å². The maximum absolute atomic E-state index is 12.8. The Morgan fingerprint density at radius 1 is 1.34 bits per heavy atom. The van der Waals surface area contributed by atoms with Gasteiger partial charge in [-0.2, -0.15) is 5.26 Å². The fourth-order valence-electron chi connectivity index (χ4n) is 4.48. The van der Waals surface area contributed by atoms with Gasteiger partial charge in [-0.05, 0) is 50.9 Å². The highest BCUT2D eigenvalue weighted by atomic mass is 16.4. The van der Waals surface area contributed by atoms with Gasteiger partial charge in [0.1, 0.15) is 5.56 Å². The van der Waals surface area contributed by atoms with Crippen molar-refractivity contribution in [3.05, 3.63) is 39.7 Å². The highest BCUT2D eigenvalue weighted by molar-refractivity contribution is 5.95. The number of benzene rings is 1. The van der Waals surface area contributed by atoms with Crippen molar-refractivity contribution in [3.8, 4) is 6.07 Å². The minimum absolute atomic E-state index is 0.156. The van der Waals surface area contributed by atoms with Crippen molar-refractivity contribution in [1.29, 1.82) is 5.26 Å². The summed E-state index contributed by atoms with van der Waals surface area (Å²) < 4.78 is 2.01. The number of aromatic nitrogens is 1.